The van der Waals surface area contributed by atoms with Crippen molar-refractivity contribution in [1.82, 2.24) is 19.9 Å². The third-order valence-corrected chi connectivity index (χ3v) is 2.91. The molecule has 104 valence electrons. The molecule has 7 nitrogen and oxygen atoms in total. The van der Waals surface area contributed by atoms with Crippen LogP contribution in [0.15, 0.2) is 42.9 Å². The van der Waals surface area contributed by atoms with Gasteiger partial charge in [-0.2, -0.15) is 0 Å². The first-order valence-corrected chi connectivity index (χ1v) is 6.13. The van der Waals surface area contributed by atoms with Gasteiger partial charge in [-0.1, -0.05) is 0 Å². The van der Waals surface area contributed by atoms with E-state index in [1.807, 2.05) is 0 Å². The van der Waals surface area contributed by atoms with Gasteiger partial charge in [0.25, 0.3) is 0 Å². The van der Waals surface area contributed by atoms with Gasteiger partial charge in [-0.25, -0.2) is 15.0 Å². The molecule has 0 aromatic carbocycles. The second-order valence-electron chi connectivity index (χ2n) is 4.36. The molecule has 21 heavy (non-hydrogen) atoms. The number of hydrogen-bond donors (Lipinski definition) is 3. The first-order chi connectivity index (χ1) is 10.1. The number of aromatic nitrogens is 4. The van der Waals surface area contributed by atoms with Crippen LogP contribution < -0.4 is 11.5 Å². The normalized spacial score (nSPS) is 10.5. The molecule has 5 N–H and O–H groups in total. The van der Waals surface area contributed by atoms with Gasteiger partial charge in [-0.3, -0.25) is 4.98 Å². The molecule has 3 heterocycles. The van der Waals surface area contributed by atoms with E-state index in [9.17, 15) is 5.11 Å². The monoisotopic (exact) mass is 280 g/mol. The molecule has 7 heteroatoms. The Morgan fingerprint density at radius 1 is 0.905 bits per heavy atom. The van der Waals surface area contributed by atoms with E-state index in [0.29, 0.717) is 22.8 Å². The molecule has 0 aliphatic rings. The maximum atomic E-state index is 9.98. The molecule has 0 saturated carbocycles. The third kappa shape index (κ3) is 2.57. The van der Waals surface area contributed by atoms with E-state index < -0.39 is 0 Å². The molecule has 0 bridgehead atoms. The second kappa shape index (κ2) is 5.04. The minimum atomic E-state index is 0.0129. The fraction of sp³-hybridized carbons (Fsp3) is 0. The first kappa shape index (κ1) is 12.8. The molecule has 3 aromatic heterocycles. The summed E-state index contributed by atoms with van der Waals surface area (Å²) in [5.74, 6) is 0.549. The van der Waals surface area contributed by atoms with E-state index in [1.54, 1.807) is 30.5 Å². The Labute approximate surface area is 120 Å². The fourth-order valence-electron chi connectivity index (χ4n) is 1.94. The topological polar surface area (TPSA) is 124 Å². The van der Waals surface area contributed by atoms with Gasteiger partial charge in [0, 0.05) is 23.5 Å². The zero-order valence-electron chi connectivity index (χ0n) is 10.9. The lowest BCUT2D eigenvalue weighted by atomic mass is 10.1. The lowest BCUT2D eigenvalue weighted by molar-refractivity contribution is 0.474. The standard InChI is InChI=1S/C14H12N6O/c15-13-5-8(1-3-17-13)11-6-9(12(21)7-19-11)10-2-4-18-14(16)20-10/h1-7,21H,(H2,15,17)(H2,16,18,20). The van der Waals surface area contributed by atoms with Crippen molar-refractivity contribution in [3.05, 3.63) is 42.9 Å². The highest BCUT2D eigenvalue weighted by molar-refractivity contribution is 5.73. The number of rotatable bonds is 2. The molecule has 0 unspecified atom stereocenters. The van der Waals surface area contributed by atoms with Crippen LogP contribution in [0.5, 0.6) is 5.75 Å². The summed E-state index contributed by atoms with van der Waals surface area (Å²) in [4.78, 5) is 16.1. The molecule has 0 aliphatic heterocycles. The average Bonchev–Trinajstić information content (AvgIpc) is 2.47. The molecule has 0 radical (unpaired) electrons. The van der Waals surface area contributed by atoms with Gasteiger partial charge in [-0.15, -0.1) is 0 Å². The number of nitrogens with two attached hydrogens (primary N) is 2. The molecule has 0 spiro atoms. The quantitative estimate of drug-likeness (QED) is 0.649. The zero-order chi connectivity index (χ0) is 14.8. The summed E-state index contributed by atoms with van der Waals surface area (Å²) in [6.45, 7) is 0. The van der Waals surface area contributed by atoms with Gasteiger partial charge in [0.15, 0.2) is 0 Å². The summed E-state index contributed by atoms with van der Waals surface area (Å²) in [7, 11) is 0. The van der Waals surface area contributed by atoms with E-state index in [4.69, 9.17) is 11.5 Å². The van der Waals surface area contributed by atoms with Crippen molar-refractivity contribution in [3.63, 3.8) is 0 Å². The predicted molar refractivity (Wildman–Crippen MR) is 79.0 cm³/mol. The number of nitrogen functional groups attached to an aromatic ring is 2. The van der Waals surface area contributed by atoms with Crippen molar-refractivity contribution < 1.29 is 5.11 Å². The van der Waals surface area contributed by atoms with Gasteiger partial charge < -0.3 is 16.6 Å². The van der Waals surface area contributed by atoms with Crippen LogP contribution in [0.1, 0.15) is 0 Å². The first-order valence-electron chi connectivity index (χ1n) is 6.13. The van der Waals surface area contributed by atoms with Gasteiger partial charge >= 0.3 is 0 Å². The smallest absolute Gasteiger partial charge is 0.220 e. The predicted octanol–water partition coefficient (Wildman–Crippen LogP) is 1.47. The Hall–Kier alpha value is -3.22. The van der Waals surface area contributed by atoms with Crippen molar-refractivity contribution in [3.8, 4) is 28.3 Å². The Kier molecular flexibility index (Phi) is 3.07. The van der Waals surface area contributed by atoms with Crippen LogP contribution in [-0.4, -0.2) is 25.0 Å². The molecule has 3 aromatic rings. The zero-order valence-corrected chi connectivity index (χ0v) is 10.9. The lowest BCUT2D eigenvalue weighted by Crippen LogP contribution is -1.96. The minimum absolute atomic E-state index is 0.0129. The van der Waals surface area contributed by atoms with Crippen LogP contribution in [0.3, 0.4) is 0 Å². The summed E-state index contributed by atoms with van der Waals surface area (Å²) >= 11 is 0. The number of anilines is 2. The molecule has 0 aliphatic carbocycles. The Morgan fingerprint density at radius 2 is 1.71 bits per heavy atom. The lowest BCUT2D eigenvalue weighted by Gasteiger charge is -2.07. The largest absolute Gasteiger partial charge is 0.506 e. The summed E-state index contributed by atoms with van der Waals surface area (Å²) in [5.41, 5.74) is 13.7. The second-order valence-corrected chi connectivity index (χ2v) is 4.36. The molecule has 0 amide bonds. The third-order valence-electron chi connectivity index (χ3n) is 2.91. The number of aromatic hydroxyl groups is 1. The Balaban J connectivity index is 2.12. The summed E-state index contributed by atoms with van der Waals surface area (Å²) in [6, 6.07) is 6.87. The molecule has 0 atom stereocenters. The van der Waals surface area contributed by atoms with E-state index in [-0.39, 0.29) is 11.7 Å². The van der Waals surface area contributed by atoms with E-state index in [1.165, 1.54) is 12.4 Å². The number of pyridine rings is 2. The van der Waals surface area contributed by atoms with E-state index >= 15 is 0 Å². The maximum absolute atomic E-state index is 9.98. The highest BCUT2D eigenvalue weighted by atomic mass is 16.3. The van der Waals surface area contributed by atoms with Crippen LogP contribution in [0.2, 0.25) is 0 Å². The van der Waals surface area contributed by atoms with Crippen LogP contribution in [0, 0.1) is 0 Å². The summed E-state index contributed by atoms with van der Waals surface area (Å²) < 4.78 is 0. The van der Waals surface area contributed by atoms with Gasteiger partial charge in [0.1, 0.15) is 11.6 Å². The molecular formula is C14H12N6O. The average molecular weight is 280 g/mol. The Morgan fingerprint density at radius 3 is 2.48 bits per heavy atom. The van der Waals surface area contributed by atoms with Crippen molar-refractivity contribution in [2.24, 2.45) is 0 Å². The number of hydrogen-bond acceptors (Lipinski definition) is 7. The van der Waals surface area contributed by atoms with Crippen LogP contribution >= 0.6 is 0 Å². The van der Waals surface area contributed by atoms with Gasteiger partial charge in [0.05, 0.1) is 17.6 Å². The molecule has 0 saturated heterocycles. The fourth-order valence-corrected chi connectivity index (χ4v) is 1.94. The van der Waals surface area contributed by atoms with Crippen LogP contribution in [-0.2, 0) is 0 Å². The number of nitrogens with zero attached hydrogens (tertiary/aromatic N) is 4. The maximum Gasteiger partial charge on any atom is 0.220 e. The highest BCUT2D eigenvalue weighted by Crippen LogP contribution is 2.31. The highest BCUT2D eigenvalue weighted by Gasteiger charge is 2.10. The van der Waals surface area contributed by atoms with Crippen LogP contribution in [0.25, 0.3) is 22.5 Å². The molecule has 3 rings (SSSR count). The van der Waals surface area contributed by atoms with Crippen molar-refractivity contribution in [2.45, 2.75) is 0 Å². The summed E-state index contributed by atoms with van der Waals surface area (Å²) in [5, 5.41) is 9.98. The Bertz CT molecular complexity index is 805. The SMILES string of the molecule is Nc1cc(-c2cc(-c3ccnc(N)n3)c(O)cn2)ccn1. The van der Waals surface area contributed by atoms with Crippen molar-refractivity contribution in [1.29, 1.82) is 0 Å². The van der Waals surface area contributed by atoms with E-state index in [2.05, 4.69) is 19.9 Å². The molecular weight excluding hydrogens is 268 g/mol. The van der Waals surface area contributed by atoms with Gasteiger partial charge in [0.2, 0.25) is 5.95 Å². The van der Waals surface area contributed by atoms with Gasteiger partial charge in [-0.05, 0) is 24.3 Å². The minimum Gasteiger partial charge on any atom is -0.506 e. The van der Waals surface area contributed by atoms with E-state index in [0.717, 1.165) is 5.56 Å². The van der Waals surface area contributed by atoms with Crippen LogP contribution in [0.4, 0.5) is 11.8 Å². The summed E-state index contributed by atoms with van der Waals surface area (Å²) in [6.07, 6.45) is 4.49. The van der Waals surface area contributed by atoms with Crippen molar-refractivity contribution in [2.75, 3.05) is 11.5 Å². The molecule has 0 fully saturated rings. The van der Waals surface area contributed by atoms with Crippen molar-refractivity contribution >= 4 is 11.8 Å².